The van der Waals surface area contributed by atoms with Crippen LogP contribution in [0.15, 0.2) is 35.9 Å². The summed E-state index contributed by atoms with van der Waals surface area (Å²) in [4.78, 5) is 45.7. The van der Waals surface area contributed by atoms with Crippen molar-refractivity contribution in [1.82, 2.24) is 9.80 Å². The van der Waals surface area contributed by atoms with Gasteiger partial charge < -0.3 is 33.7 Å². The van der Waals surface area contributed by atoms with Crippen molar-refractivity contribution in [3.05, 3.63) is 47.0 Å². The summed E-state index contributed by atoms with van der Waals surface area (Å²) in [5.74, 6) is -2.26. The van der Waals surface area contributed by atoms with E-state index in [0.717, 1.165) is 11.1 Å². The standard InChI is InChI=1S/C40H62N2O9/c1-13-31-40(9)34(42(38(46)51-40)19-18-29-16-14-23(2)15-17-29)28(7)32(43)26(5)22-39(8,47-12)35(24(3)20-25(4)36(45)49-31)50-37-33(44)30(41(10)11)21-27(6)48-37/h14-17,20,24,26-28,30-31,33-35,37,44H,13,18-19,21-22H2,1-12H3/b25-20+/t24-,26+,27+,28-,30-,31?,33+,34+,35+,37-,39+,40+/m0/s1. The van der Waals surface area contributed by atoms with Gasteiger partial charge in [-0.05, 0) is 80.0 Å². The van der Waals surface area contributed by atoms with Crippen molar-refractivity contribution in [2.75, 3.05) is 27.7 Å². The summed E-state index contributed by atoms with van der Waals surface area (Å²) in [5, 5.41) is 11.4. The molecule has 1 N–H and O–H groups in total. The summed E-state index contributed by atoms with van der Waals surface area (Å²) < 4.78 is 31.4. The Bertz CT molecular complexity index is 1410. The number of ketones is 1. The fourth-order valence-electron chi connectivity index (χ4n) is 8.62. The predicted molar refractivity (Wildman–Crippen MR) is 194 cm³/mol. The number of benzene rings is 1. The highest BCUT2D eigenvalue weighted by Crippen LogP contribution is 2.43. The third-order valence-corrected chi connectivity index (χ3v) is 11.5. The Balaban J connectivity index is 1.76. The van der Waals surface area contributed by atoms with Gasteiger partial charge in [-0.2, -0.15) is 0 Å². The van der Waals surface area contributed by atoms with E-state index in [0.29, 0.717) is 31.4 Å². The third-order valence-electron chi connectivity index (χ3n) is 11.5. The molecule has 11 nitrogen and oxygen atoms in total. The number of likely N-dealkylation sites (N-methyl/N-ethyl adjacent to an activating group) is 1. The predicted octanol–water partition coefficient (Wildman–Crippen LogP) is 5.48. The smallest absolute Gasteiger partial charge is 0.410 e. The number of esters is 1. The van der Waals surface area contributed by atoms with Crippen LogP contribution in [0, 0.1) is 24.7 Å². The van der Waals surface area contributed by atoms with Crippen molar-refractivity contribution < 1.29 is 43.2 Å². The molecule has 3 aliphatic heterocycles. The molecule has 0 aliphatic carbocycles. The van der Waals surface area contributed by atoms with Crippen molar-refractivity contribution >= 4 is 17.8 Å². The molecule has 1 amide bonds. The average molecular weight is 715 g/mol. The number of fused-ring (bicyclic) bond motifs is 1. The van der Waals surface area contributed by atoms with Gasteiger partial charge in [-0.3, -0.25) is 9.69 Å². The Kier molecular flexibility index (Phi) is 13.2. The number of cyclic esters (lactones) is 1. The van der Waals surface area contributed by atoms with Crippen molar-refractivity contribution in [2.45, 2.75) is 142 Å². The first kappa shape index (κ1) is 40.9. The molecular formula is C40H62N2O9. The zero-order chi connectivity index (χ0) is 38.0. The first-order valence-corrected chi connectivity index (χ1v) is 18.6. The molecule has 3 aliphatic rings. The third kappa shape index (κ3) is 8.70. The molecule has 1 aromatic rings. The molecule has 0 radical (unpaired) electrons. The van der Waals surface area contributed by atoms with Crippen molar-refractivity contribution in [2.24, 2.45) is 17.8 Å². The fraction of sp³-hybridized carbons (Fsp3) is 0.725. The number of ether oxygens (including phenoxy) is 5. The van der Waals surface area contributed by atoms with Gasteiger partial charge >= 0.3 is 12.1 Å². The lowest BCUT2D eigenvalue weighted by molar-refractivity contribution is -0.294. The lowest BCUT2D eigenvalue weighted by Crippen LogP contribution is -2.59. The second-order valence-corrected chi connectivity index (χ2v) is 15.9. The summed E-state index contributed by atoms with van der Waals surface area (Å²) in [6.45, 7) is 17.2. The van der Waals surface area contributed by atoms with E-state index in [-0.39, 0.29) is 24.3 Å². The number of rotatable bonds is 8. The van der Waals surface area contributed by atoms with Gasteiger partial charge in [0.1, 0.15) is 18.0 Å². The highest BCUT2D eigenvalue weighted by Gasteiger charge is 2.60. The highest BCUT2D eigenvalue weighted by molar-refractivity contribution is 5.88. The molecule has 3 heterocycles. The quantitative estimate of drug-likeness (QED) is 0.346. The molecule has 2 saturated heterocycles. The van der Waals surface area contributed by atoms with Gasteiger partial charge in [0, 0.05) is 43.0 Å². The number of Topliss-reactive ketones (excluding diaryl/α,β-unsaturated/α-hetero) is 1. The molecule has 1 unspecified atom stereocenters. The molecule has 0 bridgehead atoms. The van der Waals surface area contributed by atoms with Crippen LogP contribution in [0.5, 0.6) is 0 Å². The van der Waals surface area contributed by atoms with Crippen LogP contribution in [0.25, 0.3) is 0 Å². The largest absolute Gasteiger partial charge is 0.455 e. The maximum atomic E-state index is 14.6. The molecule has 1 aromatic carbocycles. The van der Waals surface area contributed by atoms with E-state index in [4.69, 9.17) is 23.7 Å². The van der Waals surface area contributed by atoms with Gasteiger partial charge in [-0.15, -0.1) is 0 Å². The number of amides is 1. The zero-order valence-corrected chi connectivity index (χ0v) is 32.8. The molecule has 11 heteroatoms. The lowest BCUT2D eigenvalue weighted by atomic mass is 9.74. The summed E-state index contributed by atoms with van der Waals surface area (Å²) >= 11 is 0. The normalized spacial score (nSPS) is 39.5. The minimum atomic E-state index is -1.29. The fourth-order valence-corrected chi connectivity index (χ4v) is 8.62. The van der Waals surface area contributed by atoms with Crippen molar-refractivity contribution in [3.63, 3.8) is 0 Å². The Labute approximate surface area is 304 Å². The first-order chi connectivity index (χ1) is 23.9. The van der Waals surface area contributed by atoms with Crippen LogP contribution >= 0.6 is 0 Å². The van der Waals surface area contributed by atoms with Gasteiger partial charge in [0.2, 0.25) is 0 Å². The summed E-state index contributed by atoms with van der Waals surface area (Å²) in [7, 11) is 5.42. The van der Waals surface area contributed by atoms with Crippen LogP contribution in [-0.4, -0.2) is 114 Å². The minimum Gasteiger partial charge on any atom is -0.455 e. The van der Waals surface area contributed by atoms with Crippen molar-refractivity contribution in [3.8, 4) is 0 Å². The molecule has 12 atom stereocenters. The van der Waals surface area contributed by atoms with Gasteiger partial charge in [0.15, 0.2) is 11.9 Å². The molecule has 51 heavy (non-hydrogen) atoms. The van der Waals surface area contributed by atoms with Crippen molar-refractivity contribution in [1.29, 1.82) is 0 Å². The van der Waals surface area contributed by atoms with Gasteiger partial charge in [-0.25, -0.2) is 9.59 Å². The van der Waals surface area contributed by atoms with E-state index >= 15 is 0 Å². The van der Waals surface area contributed by atoms with E-state index in [2.05, 4.69) is 0 Å². The van der Waals surface area contributed by atoms with Crippen LogP contribution in [-0.2, 0) is 39.7 Å². The number of carbonyl (C=O) groups is 3. The van der Waals surface area contributed by atoms with Crippen LogP contribution in [0.2, 0.25) is 0 Å². The zero-order valence-electron chi connectivity index (χ0n) is 32.8. The van der Waals surface area contributed by atoms with Crippen LogP contribution < -0.4 is 0 Å². The number of hydrogen-bond donors (Lipinski definition) is 1. The molecule has 286 valence electrons. The second kappa shape index (κ2) is 16.5. The number of hydrogen-bond acceptors (Lipinski definition) is 10. The number of aliphatic hydroxyl groups is 1. The lowest BCUT2D eigenvalue weighted by Gasteiger charge is -2.47. The Morgan fingerprint density at radius 2 is 1.69 bits per heavy atom. The van der Waals surface area contributed by atoms with Crippen LogP contribution in [0.3, 0.4) is 0 Å². The Hall–Kier alpha value is -2.83. The highest BCUT2D eigenvalue weighted by atomic mass is 16.7. The molecule has 2 fully saturated rings. The van der Waals surface area contributed by atoms with E-state index in [9.17, 15) is 19.5 Å². The first-order valence-electron chi connectivity index (χ1n) is 18.6. The maximum absolute atomic E-state index is 14.6. The number of aliphatic hydroxyl groups excluding tert-OH is 1. The van der Waals surface area contributed by atoms with Gasteiger partial charge in [0.25, 0.3) is 0 Å². The molecule has 0 spiro atoms. The Morgan fingerprint density at radius 3 is 2.27 bits per heavy atom. The number of carbonyl (C=O) groups excluding carboxylic acids is 3. The summed E-state index contributed by atoms with van der Waals surface area (Å²) in [6.07, 6.45) is -0.547. The second-order valence-electron chi connectivity index (χ2n) is 15.9. The SMILES string of the molecule is CCC1OC(=O)/C(C)=C/[C@H](C)[C@@H](O[C@@H]2O[C@H](C)C[C@H](N(C)C)[C@H]2O)[C@](C)(OC)C[C@@H](C)C(=O)[C@H](C)[C@H]2N(CCc3ccc(C)cc3)C(=O)O[C@]12C. The number of nitrogens with zero attached hydrogens (tertiary/aromatic N) is 2. The van der Waals surface area contributed by atoms with E-state index in [1.165, 1.54) is 0 Å². The number of aryl methyl sites for hydroxylation is 1. The van der Waals surface area contributed by atoms with Crippen LogP contribution in [0.1, 0.15) is 85.8 Å². The monoisotopic (exact) mass is 714 g/mol. The molecular weight excluding hydrogens is 652 g/mol. The summed E-state index contributed by atoms with van der Waals surface area (Å²) in [5.41, 5.74) is 0.210. The van der Waals surface area contributed by atoms with E-state index < -0.39 is 71.7 Å². The van der Waals surface area contributed by atoms with E-state index in [1.54, 1.807) is 31.9 Å². The van der Waals surface area contributed by atoms with E-state index in [1.807, 2.05) is 91.7 Å². The molecule has 0 aromatic heterocycles. The van der Waals surface area contributed by atoms with Gasteiger partial charge in [0.05, 0.1) is 23.9 Å². The molecule has 4 rings (SSSR count). The minimum absolute atomic E-state index is 0.0697. The molecule has 0 saturated carbocycles. The maximum Gasteiger partial charge on any atom is 0.410 e. The van der Waals surface area contributed by atoms with Gasteiger partial charge in [-0.1, -0.05) is 63.6 Å². The topological polar surface area (TPSA) is 124 Å². The average Bonchev–Trinajstić information content (AvgIpc) is 3.34. The summed E-state index contributed by atoms with van der Waals surface area (Å²) in [6, 6.07) is 7.25. The number of methoxy groups -OCH3 is 1. The van der Waals surface area contributed by atoms with Crippen LogP contribution in [0.4, 0.5) is 4.79 Å². The Morgan fingerprint density at radius 1 is 1.04 bits per heavy atom.